The number of fused-ring (bicyclic) bond motifs is 1. The number of aliphatic carboxylic acids is 1. The summed E-state index contributed by atoms with van der Waals surface area (Å²) in [4.78, 5) is 26.2. The molecule has 0 bridgehead atoms. The fourth-order valence-corrected chi connectivity index (χ4v) is 4.74. The molecule has 1 aliphatic heterocycles. The van der Waals surface area contributed by atoms with Gasteiger partial charge in [0.15, 0.2) is 11.5 Å². The van der Waals surface area contributed by atoms with Crippen LogP contribution in [0.3, 0.4) is 0 Å². The molecular formula is C27H24Cl2FNO5. The second-order valence-corrected chi connectivity index (χ2v) is 9.78. The van der Waals surface area contributed by atoms with Crippen LogP contribution in [0.5, 0.6) is 11.5 Å². The maximum atomic E-state index is 14.0. The van der Waals surface area contributed by atoms with Gasteiger partial charge < -0.3 is 19.5 Å². The minimum absolute atomic E-state index is 0.0283. The van der Waals surface area contributed by atoms with Crippen LogP contribution in [-0.2, 0) is 24.2 Å². The molecule has 0 aliphatic carbocycles. The third-order valence-corrected chi connectivity index (χ3v) is 6.68. The monoisotopic (exact) mass is 531 g/mol. The molecule has 0 fully saturated rings. The van der Waals surface area contributed by atoms with Gasteiger partial charge in [-0.2, -0.15) is 0 Å². The number of carboxylic acid groups (broad SMARTS) is 1. The highest BCUT2D eigenvalue weighted by atomic mass is 35.5. The molecule has 1 N–H and O–H groups in total. The zero-order chi connectivity index (χ0) is 26.0. The normalized spacial score (nSPS) is 16.2. The maximum Gasteiger partial charge on any atom is 0.323 e. The Labute approximate surface area is 218 Å². The fourth-order valence-electron chi connectivity index (χ4n) is 4.43. The molecule has 1 heterocycles. The van der Waals surface area contributed by atoms with Crippen LogP contribution in [0.25, 0.3) is 0 Å². The molecule has 188 valence electrons. The predicted molar refractivity (Wildman–Crippen MR) is 135 cm³/mol. The molecular weight excluding hydrogens is 508 g/mol. The van der Waals surface area contributed by atoms with Crippen LogP contribution >= 0.6 is 23.2 Å². The number of amides is 1. The van der Waals surface area contributed by atoms with E-state index in [4.69, 9.17) is 32.7 Å². The van der Waals surface area contributed by atoms with Crippen molar-refractivity contribution >= 4 is 35.1 Å². The number of ether oxygens (including phenoxy) is 2. The molecule has 1 atom stereocenters. The lowest BCUT2D eigenvalue weighted by molar-refractivity contribution is -0.137. The van der Waals surface area contributed by atoms with Crippen molar-refractivity contribution in [2.24, 2.45) is 0 Å². The number of rotatable bonds is 8. The Morgan fingerprint density at radius 1 is 1.14 bits per heavy atom. The maximum absolute atomic E-state index is 14.0. The summed E-state index contributed by atoms with van der Waals surface area (Å²) < 4.78 is 25.7. The predicted octanol–water partition coefficient (Wildman–Crippen LogP) is 5.80. The van der Waals surface area contributed by atoms with Gasteiger partial charge in [0, 0.05) is 35.5 Å². The van der Waals surface area contributed by atoms with Gasteiger partial charge in [0.05, 0.1) is 12.1 Å². The van der Waals surface area contributed by atoms with Crippen LogP contribution in [0, 0.1) is 5.82 Å². The van der Waals surface area contributed by atoms with E-state index in [1.165, 1.54) is 30.2 Å². The van der Waals surface area contributed by atoms with E-state index < -0.39 is 29.8 Å². The first-order valence-corrected chi connectivity index (χ1v) is 11.9. The number of benzene rings is 3. The van der Waals surface area contributed by atoms with Crippen molar-refractivity contribution in [1.82, 2.24) is 4.90 Å². The van der Waals surface area contributed by atoms with E-state index in [0.29, 0.717) is 34.9 Å². The van der Waals surface area contributed by atoms with Crippen molar-refractivity contribution in [3.8, 4) is 11.5 Å². The molecule has 9 heteroatoms. The zero-order valence-electron chi connectivity index (χ0n) is 19.7. The average molecular weight is 532 g/mol. The minimum Gasteiger partial charge on any atom is -0.493 e. The molecule has 6 nitrogen and oxygen atoms in total. The smallest absolute Gasteiger partial charge is 0.323 e. The van der Waals surface area contributed by atoms with E-state index >= 15 is 0 Å². The fraction of sp³-hybridized carbons (Fsp3) is 0.259. The van der Waals surface area contributed by atoms with Crippen LogP contribution in [0.2, 0.25) is 10.0 Å². The van der Waals surface area contributed by atoms with Gasteiger partial charge in [-0.05, 0) is 48.4 Å². The lowest BCUT2D eigenvalue weighted by atomic mass is 9.91. The molecule has 3 aromatic carbocycles. The lowest BCUT2D eigenvalue weighted by Gasteiger charge is -2.24. The molecule has 36 heavy (non-hydrogen) atoms. The van der Waals surface area contributed by atoms with E-state index in [2.05, 4.69) is 0 Å². The number of nitrogens with zero attached hydrogens (tertiary/aromatic N) is 1. The molecule has 1 amide bonds. The van der Waals surface area contributed by atoms with Crippen LogP contribution in [-0.4, -0.2) is 41.1 Å². The van der Waals surface area contributed by atoms with Gasteiger partial charge in [-0.25, -0.2) is 4.39 Å². The van der Waals surface area contributed by atoms with Crippen molar-refractivity contribution in [1.29, 1.82) is 0 Å². The Hall–Kier alpha value is -3.29. The van der Waals surface area contributed by atoms with Gasteiger partial charge in [-0.3, -0.25) is 9.59 Å². The molecule has 0 saturated heterocycles. The summed E-state index contributed by atoms with van der Waals surface area (Å²) >= 11 is 12.0. The molecule has 0 unspecified atom stereocenters. The van der Waals surface area contributed by atoms with E-state index in [1.54, 1.807) is 36.4 Å². The third kappa shape index (κ3) is 5.58. The Kier molecular flexibility index (Phi) is 7.43. The van der Waals surface area contributed by atoms with E-state index in [1.807, 2.05) is 6.92 Å². The van der Waals surface area contributed by atoms with Crippen LogP contribution < -0.4 is 9.47 Å². The molecule has 0 aromatic heterocycles. The van der Waals surface area contributed by atoms with Gasteiger partial charge in [0.2, 0.25) is 0 Å². The molecule has 3 aromatic rings. The van der Waals surface area contributed by atoms with Crippen molar-refractivity contribution in [3.05, 3.63) is 92.7 Å². The number of carbonyl (C=O) groups is 2. The van der Waals surface area contributed by atoms with Crippen LogP contribution in [0.4, 0.5) is 4.39 Å². The summed E-state index contributed by atoms with van der Waals surface area (Å²) in [5, 5.41) is 9.91. The molecule has 1 aliphatic rings. The first-order chi connectivity index (χ1) is 17.1. The van der Waals surface area contributed by atoms with Crippen LogP contribution in [0.15, 0.2) is 54.6 Å². The average Bonchev–Trinajstić information content (AvgIpc) is 3.16. The summed E-state index contributed by atoms with van der Waals surface area (Å²) in [5.41, 5.74) is 1.64. The van der Waals surface area contributed by atoms with Gasteiger partial charge in [-0.15, -0.1) is 0 Å². The van der Waals surface area contributed by atoms with Gasteiger partial charge in [-0.1, -0.05) is 47.5 Å². The molecule has 4 rings (SSSR count). The van der Waals surface area contributed by atoms with Crippen molar-refractivity contribution < 1.29 is 28.6 Å². The number of carboxylic acids is 1. The first kappa shape index (κ1) is 25.8. The number of methoxy groups -OCH3 is 1. The summed E-state index contributed by atoms with van der Waals surface area (Å²) in [6.45, 7) is 1.43. The summed E-state index contributed by atoms with van der Waals surface area (Å²) in [5.74, 6) is -1.27. The van der Waals surface area contributed by atoms with Gasteiger partial charge in [0.1, 0.15) is 18.0 Å². The third-order valence-electron chi connectivity index (χ3n) is 6.01. The quantitative estimate of drug-likeness (QED) is 0.397. The lowest BCUT2D eigenvalue weighted by Crippen LogP contribution is -2.35. The highest BCUT2D eigenvalue weighted by molar-refractivity contribution is 6.31. The van der Waals surface area contributed by atoms with Crippen molar-refractivity contribution in [2.75, 3.05) is 13.7 Å². The SMILES string of the molecule is COc1cc(C(=O)N(CC(=O)O)Cc2ccccc2Cl)cc2c1O[C@@](C)(Cc1ccc(Cl)c(F)c1)C2. The van der Waals surface area contributed by atoms with Crippen molar-refractivity contribution in [2.45, 2.75) is 31.9 Å². The number of halogens is 3. The molecule has 0 saturated carbocycles. The Morgan fingerprint density at radius 3 is 2.56 bits per heavy atom. The highest BCUT2D eigenvalue weighted by Gasteiger charge is 2.38. The van der Waals surface area contributed by atoms with E-state index in [0.717, 1.165) is 11.1 Å². The van der Waals surface area contributed by atoms with E-state index in [9.17, 15) is 19.1 Å². The summed E-state index contributed by atoms with van der Waals surface area (Å²) in [7, 11) is 1.47. The highest BCUT2D eigenvalue weighted by Crippen LogP contribution is 2.44. The van der Waals surface area contributed by atoms with Crippen LogP contribution in [0.1, 0.15) is 34.0 Å². The second-order valence-electron chi connectivity index (χ2n) is 8.97. The number of hydrogen-bond donors (Lipinski definition) is 1. The standard InChI is InChI=1S/C27H24Cl2FNO5/c1-27(12-16-7-8-21(29)22(30)9-16)13-19-10-18(11-23(35-2)25(19)36-27)26(34)31(15-24(32)33)14-17-5-3-4-6-20(17)28/h3-11H,12-15H2,1-2H3,(H,32,33)/t27-/m0/s1. The number of hydrogen-bond acceptors (Lipinski definition) is 4. The Morgan fingerprint density at radius 2 is 1.89 bits per heavy atom. The Bertz CT molecular complexity index is 1330. The summed E-state index contributed by atoms with van der Waals surface area (Å²) in [6, 6.07) is 14.8. The summed E-state index contributed by atoms with van der Waals surface area (Å²) in [6.07, 6.45) is 0.841. The Balaban J connectivity index is 1.62. The van der Waals surface area contributed by atoms with E-state index in [-0.39, 0.29) is 17.1 Å². The van der Waals surface area contributed by atoms with Gasteiger partial charge in [0.25, 0.3) is 5.91 Å². The second kappa shape index (κ2) is 10.4. The topological polar surface area (TPSA) is 76.1 Å². The molecule has 0 radical (unpaired) electrons. The first-order valence-electron chi connectivity index (χ1n) is 11.2. The van der Waals surface area contributed by atoms with Gasteiger partial charge >= 0.3 is 5.97 Å². The van der Waals surface area contributed by atoms with Crippen molar-refractivity contribution in [3.63, 3.8) is 0 Å². The molecule has 0 spiro atoms. The number of carbonyl (C=O) groups excluding carboxylic acids is 1. The largest absolute Gasteiger partial charge is 0.493 e. The minimum atomic E-state index is -1.14. The zero-order valence-corrected chi connectivity index (χ0v) is 21.2.